The Bertz CT molecular complexity index is 1010. The predicted octanol–water partition coefficient (Wildman–Crippen LogP) is 4.40. The molecule has 0 aliphatic rings. The number of nitrogens with zero attached hydrogens (tertiary/aromatic N) is 6. The molecule has 27 heavy (non-hydrogen) atoms. The van der Waals surface area contributed by atoms with Gasteiger partial charge < -0.3 is 0 Å². The van der Waals surface area contributed by atoms with Gasteiger partial charge >= 0.3 is 0 Å². The van der Waals surface area contributed by atoms with E-state index >= 15 is 0 Å². The molecule has 0 radical (unpaired) electrons. The Labute approximate surface area is 162 Å². The van der Waals surface area contributed by atoms with Crippen molar-refractivity contribution in [1.29, 1.82) is 0 Å². The number of thioether (sulfide) groups is 1. The molecule has 0 saturated carbocycles. The second-order valence-electron chi connectivity index (χ2n) is 6.44. The minimum absolute atomic E-state index is 0.225. The molecule has 0 aliphatic heterocycles. The third kappa shape index (κ3) is 3.78. The summed E-state index contributed by atoms with van der Waals surface area (Å²) in [5.41, 5.74) is 4.27. The molecule has 4 rings (SSSR count). The fraction of sp³-hybridized carbons (Fsp3) is 0.200. The molecule has 0 aliphatic carbocycles. The summed E-state index contributed by atoms with van der Waals surface area (Å²) in [6.45, 7) is 4.15. The lowest BCUT2D eigenvalue weighted by Crippen LogP contribution is -2.04. The van der Waals surface area contributed by atoms with Crippen LogP contribution in [-0.4, -0.2) is 30.0 Å². The average Bonchev–Trinajstić information content (AvgIpc) is 3.35. The van der Waals surface area contributed by atoms with Crippen LogP contribution in [0.4, 0.5) is 0 Å². The average molecular weight is 376 g/mol. The van der Waals surface area contributed by atoms with Gasteiger partial charge in [0.15, 0.2) is 0 Å². The van der Waals surface area contributed by atoms with Gasteiger partial charge in [0.1, 0.15) is 0 Å². The van der Waals surface area contributed by atoms with Crippen molar-refractivity contribution in [3.8, 4) is 16.9 Å². The van der Waals surface area contributed by atoms with E-state index in [0.29, 0.717) is 0 Å². The van der Waals surface area contributed by atoms with Crippen LogP contribution in [0.1, 0.15) is 25.5 Å². The molecule has 0 spiro atoms. The molecule has 0 N–H and O–H groups in total. The molecule has 2 aromatic heterocycles. The Hall–Kier alpha value is -2.93. The summed E-state index contributed by atoms with van der Waals surface area (Å²) in [7, 11) is 0. The maximum atomic E-state index is 4.85. The van der Waals surface area contributed by atoms with E-state index in [4.69, 9.17) is 5.10 Å². The van der Waals surface area contributed by atoms with E-state index < -0.39 is 0 Å². The lowest BCUT2D eigenvalue weighted by atomic mass is 10.1. The van der Waals surface area contributed by atoms with E-state index in [0.717, 1.165) is 33.4 Å². The second-order valence-corrected chi connectivity index (χ2v) is 7.38. The molecule has 0 bridgehead atoms. The molecule has 7 heteroatoms. The number of hydrogen-bond acceptors (Lipinski definition) is 5. The van der Waals surface area contributed by atoms with Crippen LogP contribution in [0.2, 0.25) is 0 Å². The normalized spacial score (nSPS) is 11.2. The predicted molar refractivity (Wildman–Crippen MR) is 107 cm³/mol. The molecule has 0 saturated heterocycles. The van der Waals surface area contributed by atoms with Crippen molar-refractivity contribution in [3.05, 3.63) is 72.4 Å². The van der Waals surface area contributed by atoms with Crippen LogP contribution in [0.5, 0.6) is 0 Å². The van der Waals surface area contributed by atoms with E-state index in [-0.39, 0.29) is 6.04 Å². The van der Waals surface area contributed by atoms with Crippen LogP contribution in [0.25, 0.3) is 16.9 Å². The smallest absolute Gasteiger partial charge is 0.209 e. The number of aromatic nitrogens is 6. The lowest BCUT2D eigenvalue weighted by Gasteiger charge is -2.07. The first-order valence-corrected chi connectivity index (χ1v) is 9.81. The van der Waals surface area contributed by atoms with Crippen molar-refractivity contribution < 1.29 is 0 Å². The van der Waals surface area contributed by atoms with Crippen molar-refractivity contribution in [3.63, 3.8) is 0 Å². The molecule has 0 fully saturated rings. The minimum Gasteiger partial charge on any atom is -0.240 e. The van der Waals surface area contributed by atoms with E-state index in [1.807, 2.05) is 45.8 Å². The first-order valence-electron chi connectivity index (χ1n) is 8.82. The molecular weight excluding hydrogens is 356 g/mol. The summed E-state index contributed by atoms with van der Waals surface area (Å²) >= 11 is 1.63. The summed E-state index contributed by atoms with van der Waals surface area (Å²) < 4.78 is 3.78. The molecule has 6 nitrogen and oxygen atoms in total. The van der Waals surface area contributed by atoms with Crippen molar-refractivity contribution >= 4 is 11.8 Å². The van der Waals surface area contributed by atoms with Crippen LogP contribution in [-0.2, 0) is 5.75 Å². The molecule has 0 unspecified atom stereocenters. The third-order valence-electron chi connectivity index (χ3n) is 4.17. The van der Waals surface area contributed by atoms with Crippen LogP contribution < -0.4 is 0 Å². The first kappa shape index (κ1) is 17.5. The number of tetrazole rings is 1. The summed E-state index contributed by atoms with van der Waals surface area (Å²) in [5, 5.41) is 17.7. The topological polar surface area (TPSA) is 61.4 Å². The summed E-state index contributed by atoms with van der Waals surface area (Å²) in [6.07, 6.45) is 2.09. The van der Waals surface area contributed by atoms with Gasteiger partial charge in [-0.15, -0.1) is 5.10 Å². The largest absolute Gasteiger partial charge is 0.240 e. The first-order chi connectivity index (χ1) is 13.2. The van der Waals surface area contributed by atoms with Gasteiger partial charge in [-0.3, -0.25) is 0 Å². The van der Waals surface area contributed by atoms with Gasteiger partial charge in [-0.2, -0.15) is 5.10 Å². The van der Waals surface area contributed by atoms with E-state index in [9.17, 15) is 0 Å². The standard InChI is InChI=1S/C20H20N6S/c1-15(2)26-20(21-23-24-26)27-14-17-13-25(18-11-7-4-8-12-18)22-19(17)16-9-5-3-6-10-16/h3-13,15H,14H2,1-2H3. The lowest BCUT2D eigenvalue weighted by molar-refractivity contribution is 0.477. The highest BCUT2D eigenvalue weighted by Gasteiger charge is 2.15. The molecule has 2 aromatic carbocycles. The zero-order valence-electron chi connectivity index (χ0n) is 15.2. The number of hydrogen-bond donors (Lipinski definition) is 0. The van der Waals surface area contributed by atoms with Crippen molar-refractivity contribution in [1.82, 2.24) is 30.0 Å². The molecule has 2 heterocycles. The van der Waals surface area contributed by atoms with Gasteiger partial charge in [-0.1, -0.05) is 60.3 Å². The summed E-state index contributed by atoms with van der Waals surface area (Å²) in [4.78, 5) is 0. The monoisotopic (exact) mass is 376 g/mol. The molecule has 136 valence electrons. The van der Waals surface area contributed by atoms with Crippen LogP contribution in [0.3, 0.4) is 0 Å². The molecular formula is C20H20N6S. The Morgan fingerprint density at radius 1 is 0.963 bits per heavy atom. The number of para-hydroxylation sites is 1. The third-order valence-corrected chi connectivity index (χ3v) is 5.15. The van der Waals surface area contributed by atoms with Gasteiger partial charge in [-0.05, 0) is 36.4 Å². The molecule has 0 amide bonds. The number of rotatable bonds is 6. The van der Waals surface area contributed by atoms with Crippen LogP contribution in [0, 0.1) is 0 Å². The zero-order chi connectivity index (χ0) is 18.6. The number of benzene rings is 2. The summed E-state index contributed by atoms with van der Waals surface area (Å²) in [6, 6.07) is 20.6. The molecule has 0 atom stereocenters. The van der Waals surface area contributed by atoms with Gasteiger partial charge in [0.2, 0.25) is 5.16 Å². The Morgan fingerprint density at radius 3 is 2.37 bits per heavy atom. The van der Waals surface area contributed by atoms with Crippen LogP contribution >= 0.6 is 11.8 Å². The van der Waals surface area contributed by atoms with Gasteiger partial charge in [-0.25, -0.2) is 9.36 Å². The quantitative estimate of drug-likeness (QED) is 0.467. The van der Waals surface area contributed by atoms with Gasteiger partial charge in [0, 0.05) is 23.1 Å². The highest BCUT2D eigenvalue weighted by Crippen LogP contribution is 2.29. The van der Waals surface area contributed by atoms with Crippen molar-refractivity contribution in [2.24, 2.45) is 0 Å². The zero-order valence-corrected chi connectivity index (χ0v) is 16.0. The van der Waals surface area contributed by atoms with E-state index in [1.165, 1.54) is 0 Å². The molecule has 4 aromatic rings. The van der Waals surface area contributed by atoms with Crippen molar-refractivity contribution in [2.75, 3.05) is 0 Å². The van der Waals surface area contributed by atoms with E-state index in [2.05, 4.69) is 59.8 Å². The SMILES string of the molecule is CC(C)n1nnnc1SCc1cn(-c2ccccc2)nc1-c1ccccc1. The van der Waals surface area contributed by atoms with Crippen LogP contribution in [0.15, 0.2) is 72.0 Å². The Morgan fingerprint density at radius 2 is 1.67 bits per heavy atom. The van der Waals surface area contributed by atoms with Gasteiger partial charge in [0.25, 0.3) is 0 Å². The fourth-order valence-electron chi connectivity index (χ4n) is 2.81. The minimum atomic E-state index is 0.225. The Balaban J connectivity index is 1.68. The summed E-state index contributed by atoms with van der Waals surface area (Å²) in [5.74, 6) is 0.740. The maximum Gasteiger partial charge on any atom is 0.209 e. The van der Waals surface area contributed by atoms with Crippen molar-refractivity contribution in [2.45, 2.75) is 30.8 Å². The highest BCUT2D eigenvalue weighted by atomic mass is 32.2. The van der Waals surface area contributed by atoms with E-state index in [1.54, 1.807) is 11.8 Å². The maximum absolute atomic E-state index is 4.85. The highest BCUT2D eigenvalue weighted by molar-refractivity contribution is 7.98. The Kier molecular flexibility index (Phi) is 5.02. The second kappa shape index (κ2) is 7.75. The fourth-order valence-corrected chi connectivity index (χ4v) is 3.78. The van der Waals surface area contributed by atoms with Gasteiger partial charge in [0.05, 0.1) is 17.4 Å².